The van der Waals surface area contributed by atoms with Gasteiger partial charge in [-0.3, -0.25) is 0 Å². The van der Waals surface area contributed by atoms with E-state index in [0.29, 0.717) is 17.9 Å². The minimum Gasteiger partial charge on any atom is -0.395 e. The van der Waals surface area contributed by atoms with Crippen molar-refractivity contribution >= 4 is 11.8 Å². The van der Waals surface area contributed by atoms with Crippen molar-refractivity contribution < 1.29 is 5.11 Å². The van der Waals surface area contributed by atoms with E-state index in [9.17, 15) is 0 Å². The standard InChI is InChI=1S/C9H21NOS/c1-8(10-3)5-4-6-12-9(2)7-11/h8-11H,4-7H2,1-3H3. The molecule has 0 heterocycles. The lowest BCUT2D eigenvalue weighted by Crippen LogP contribution is -2.21. The van der Waals surface area contributed by atoms with Crippen LogP contribution >= 0.6 is 11.8 Å². The van der Waals surface area contributed by atoms with Crippen LogP contribution in [0.15, 0.2) is 0 Å². The second kappa shape index (κ2) is 7.90. The van der Waals surface area contributed by atoms with Crippen molar-refractivity contribution in [2.75, 3.05) is 19.4 Å². The molecule has 0 saturated carbocycles. The van der Waals surface area contributed by atoms with Crippen molar-refractivity contribution in [2.45, 2.75) is 38.0 Å². The lowest BCUT2D eigenvalue weighted by atomic mass is 10.2. The fraction of sp³-hybridized carbons (Fsp3) is 1.00. The molecule has 2 nitrogen and oxygen atoms in total. The zero-order valence-corrected chi connectivity index (χ0v) is 9.16. The summed E-state index contributed by atoms with van der Waals surface area (Å²) in [6.45, 7) is 4.55. The summed E-state index contributed by atoms with van der Waals surface area (Å²) in [7, 11) is 1.99. The fourth-order valence-corrected chi connectivity index (χ4v) is 1.71. The number of aliphatic hydroxyl groups excluding tert-OH is 1. The highest BCUT2D eigenvalue weighted by Crippen LogP contribution is 2.12. The predicted molar refractivity (Wildman–Crippen MR) is 56.8 cm³/mol. The third-order valence-corrected chi connectivity index (χ3v) is 3.18. The van der Waals surface area contributed by atoms with Gasteiger partial charge in [0.2, 0.25) is 0 Å². The Bertz CT molecular complexity index is 88.5. The van der Waals surface area contributed by atoms with Crippen LogP contribution in [0.4, 0.5) is 0 Å². The summed E-state index contributed by atoms with van der Waals surface area (Å²) in [6.07, 6.45) is 2.46. The average Bonchev–Trinajstić information content (AvgIpc) is 2.11. The lowest BCUT2D eigenvalue weighted by molar-refractivity contribution is 0.300. The lowest BCUT2D eigenvalue weighted by Gasteiger charge is -2.10. The van der Waals surface area contributed by atoms with Crippen LogP contribution in [0, 0.1) is 0 Å². The Morgan fingerprint density at radius 1 is 1.42 bits per heavy atom. The Hall–Kier alpha value is 0.270. The van der Waals surface area contributed by atoms with Gasteiger partial charge in [-0.15, -0.1) is 0 Å². The number of aliphatic hydroxyl groups is 1. The van der Waals surface area contributed by atoms with Crippen LogP contribution in [0.2, 0.25) is 0 Å². The van der Waals surface area contributed by atoms with Gasteiger partial charge in [-0.2, -0.15) is 11.8 Å². The predicted octanol–water partition coefficient (Wildman–Crippen LogP) is 1.49. The molecule has 0 radical (unpaired) electrons. The van der Waals surface area contributed by atoms with E-state index in [2.05, 4.69) is 19.2 Å². The maximum absolute atomic E-state index is 8.76. The third-order valence-electron chi connectivity index (χ3n) is 1.93. The summed E-state index contributed by atoms with van der Waals surface area (Å²) in [5.41, 5.74) is 0. The first-order chi connectivity index (χ1) is 5.70. The zero-order chi connectivity index (χ0) is 9.40. The molecular formula is C9H21NOS. The maximum Gasteiger partial charge on any atom is 0.0547 e. The fourth-order valence-electron chi connectivity index (χ4n) is 0.871. The molecule has 0 aliphatic carbocycles. The Morgan fingerprint density at radius 3 is 2.58 bits per heavy atom. The molecule has 0 aromatic heterocycles. The molecule has 2 atom stereocenters. The maximum atomic E-state index is 8.76. The van der Waals surface area contributed by atoms with E-state index >= 15 is 0 Å². The molecule has 0 amide bonds. The van der Waals surface area contributed by atoms with Crippen molar-refractivity contribution in [2.24, 2.45) is 0 Å². The molecule has 0 fully saturated rings. The van der Waals surface area contributed by atoms with Gasteiger partial charge in [0.1, 0.15) is 0 Å². The molecule has 0 spiro atoms. The van der Waals surface area contributed by atoms with E-state index in [1.165, 1.54) is 12.8 Å². The van der Waals surface area contributed by atoms with Crippen LogP contribution in [-0.4, -0.2) is 35.8 Å². The van der Waals surface area contributed by atoms with Crippen molar-refractivity contribution in [3.05, 3.63) is 0 Å². The number of nitrogens with one attached hydrogen (secondary N) is 1. The zero-order valence-electron chi connectivity index (χ0n) is 8.34. The highest BCUT2D eigenvalue weighted by molar-refractivity contribution is 7.99. The van der Waals surface area contributed by atoms with Crippen molar-refractivity contribution in [3.63, 3.8) is 0 Å². The smallest absolute Gasteiger partial charge is 0.0547 e. The molecular weight excluding hydrogens is 170 g/mol. The first-order valence-electron chi connectivity index (χ1n) is 4.60. The van der Waals surface area contributed by atoms with E-state index < -0.39 is 0 Å². The van der Waals surface area contributed by atoms with Crippen molar-refractivity contribution in [1.82, 2.24) is 5.32 Å². The molecule has 2 unspecified atom stereocenters. The summed E-state index contributed by atoms with van der Waals surface area (Å²) in [5.74, 6) is 1.16. The Balaban J connectivity index is 3.10. The number of hydrogen-bond acceptors (Lipinski definition) is 3. The van der Waals surface area contributed by atoms with Crippen LogP contribution in [0.3, 0.4) is 0 Å². The van der Waals surface area contributed by atoms with Crippen LogP contribution in [0.5, 0.6) is 0 Å². The summed E-state index contributed by atoms with van der Waals surface area (Å²) in [5, 5.41) is 12.4. The minimum atomic E-state index is 0.298. The Kier molecular flexibility index (Phi) is 8.07. The van der Waals surface area contributed by atoms with E-state index in [1.807, 2.05) is 18.8 Å². The van der Waals surface area contributed by atoms with E-state index in [1.54, 1.807) is 0 Å². The Labute approximate surface area is 80.1 Å². The summed E-state index contributed by atoms with van der Waals surface area (Å²) in [4.78, 5) is 0. The van der Waals surface area contributed by atoms with Crippen LogP contribution in [0.1, 0.15) is 26.7 Å². The molecule has 0 aliphatic rings. The van der Waals surface area contributed by atoms with Crippen LogP contribution in [0.25, 0.3) is 0 Å². The molecule has 0 rings (SSSR count). The van der Waals surface area contributed by atoms with Gasteiger partial charge in [-0.25, -0.2) is 0 Å². The van der Waals surface area contributed by atoms with E-state index in [-0.39, 0.29) is 0 Å². The van der Waals surface area contributed by atoms with E-state index in [4.69, 9.17) is 5.11 Å². The van der Waals surface area contributed by atoms with Crippen molar-refractivity contribution in [3.8, 4) is 0 Å². The van der Waals surface area contributed by atoms with Gasteiger partial charge in [0.05, 0.1) is 6.61 Å². The molecule has 12 heavy (non-hydrogen) atoms. The third kappa shape index (κ3) is 6.95. The number of hydrogen-bond donors (Lipinski definition) is 2. The topological polar surface area (TPSA) is 32.3 Å². The number of rotatable bonds is 7. The highest BCUT2D eigenvalue weighted by atomic mass is 32.2. The molecule has 0 aromatic rings. The Morgan fingerprint density at radius 2 is 2.08 bits per heavy atom. The van der Waals surface area contributed by atoms with Gasteiger partial charge in [0, 0.05) is 11.3 Å². The van der Waals surface area contributed by atoms with Gasteiger partial charge in [-0.05, 0) is 32.6 Å². The van der Waals surface area contributed by atoms with Crippen LogP contribution < -0.4 is 5.32 Å². The van der Waals surface area contributed by atoms with Gasteiger partial charge >= 0.3 is 0 Å². The normalized spacial score (nSPS) is 16.0. The van der Waals surface area contributed by atoms with Gasteiger partial charge < -0.3 is 10.4 Å². The van der Waals surface area contributed by atoms with Gasteiger partial charge in [0.25, 0.3) is 0 Å². The molecule has 0 bridgehead atoms. The quantitative estimate of drug-likeness (QED) is 0.598. The monoisotopic (exact) mass is 191 g/mol. The minimum absolute atomic E-state index is 0.298. The second-order valence-corrected chi connectivity index (χ2v) is 4.74. The SMILES string of the molecule is CNC(C)CCCSC(C)CO. The van der Waals surface area contributed by atoms with Gasteiger partial charge in [-0.1, -0.05) is 6.92 Å². The first kappa shape index (κ1) is 12.3. The summed E-state index contributed by atoms with van der Waals surface area (Å²) < 4.78 is 0. The van der Waals surface area contributed by atoms with Crippen molar-refractivity contribution in [1.29, 1.82) is 0 Å². The largest absolute Gasteiger partial charge is 0.395 e. The van der Waals surface area contributed by atoms with E-state index in [0.717, 1.165) is 5.75 Å². The molecule has 0 aromatic carbocycles. The molecule has 74 valence electrons. The number of thioether (sulfide) groups is 1. The second-order valence-electron chi connectivity index (χ2n) is 3.20. The molecule has 2 N–H and O–H groups in total. The highest BCUT2D eigenvalue weighted by Gasteiger charge is 2.01. The summed E-state index contributed by atoms with van der Waals surface area (Å²) in [6, 6.07) is 0.620. The molecule has 0 aliphatic heterocycles. The average molecular weight is 191 g/mol. The first-order valence-corrected chi connectivity index (χ1v) is 5.65. The molecule has 3 heteroatoms. The van der Waals surface area contributed by atoms with Crippen LogP contribution in [-0.2, 0) is 0 Å². The summed E-state index contributed by atoms with van der Waals surface area (Å²) >= 11 is 1.85. The van der Waals surface area contributed by atoms with Gasteiger partial charge in [0.15, 0.2) is 0 Å². The molecule has 0 saturated heterocycles.